The Kier molecular flexibility index (Phi) is 4.19. The third kappa shape index (κ3) is 4.28. The van der Waals surface area contributed by atoms with Gasteiger partial charge in [0, 0.05) is 12.5 Å². The monoisotopic (exact) mass is 211 g/mol. The van der Waals surface area contributed by atoms with Crippen molar-refractivity contribution in [2.24, 2.45) is 0 Å². The lowest BCUT2D eigenvalue weighted by Crippen LogP contribution is -2.34. The van der Waals surface area contributed by atoms with Crippen molar-refractivity contribution in [3.63, 3.8) is 0 Å². The Bertz CT molecular complexity index is 166. The number of hydrogen-bond acceptors (Lipinski definition) is 2. The third-order valence-corrected chi connectivity index (χ3v) is 2.52. The molecule has 0 saturated carbocycles. The Morgan fingerprint density at radius 2 is 2.14 bits per heavy atom. The summed E-state index contributed by atoms with van der Waals surface area (Å²) in [7, 11) is 0. The van der Waals surface area contributed by atoms with Crippen LogP contribution in [0.15, 0.2) is 0 Å². The molecule has 0 bridgehead atoms. The molecule has 0 spiro atoms. The number of nitrogens with one attached hydrogen (secondary N) is 1. The molecule has 2 nitrogen and oxygen atoms in total. The zero-order chi connectivity index (χ0) is 10.6. The average molecular weight is 211 g/mol. The van der Waals surface area contributed by atoms with Gasteiger partial charge in [-0.3, -0.25) is 0 Å². The highest BCUT2D eigenvalue weighted by Crippen LogP contribution is 2.23. The number of aliphatic hydroxyl groups is 1. The second-order valence-electron chi connectivity index (χ2n) is 3.78. The minimum Gasteiger partial charge on any atom is -0.392 e. The summed E-state index contributed by atoms with van der Waals surface area (Å²) < 4.78 is 35.4. The Balaban J connectivity index is 2.11. The van der Waals surface area contributed by atoms with Crippen LogP contribution in [0, 0.1) is 0 Å². The molecule has 0 aromatic carbocycles. The van der Waals surface area contributed by atoms with Crippen molar-refractivity contribution >= 4 is 0 Å². The van der Waals surface area contributed by atoms with Crippen LogP contribution in [-0.4, -0.2) is 30.0 Å². The van der Waals surface area contributed by atoms with Gasteiger partial charge in [-0.15, -0.1) is 0 Å². The molecule has 1 saturated heterocycles. The standard InChI is InChI=1S/C9H16F3NO/c10-9(11,12)5-1-4-8(14)7-3-2-6-13-7/h7-8,13-14H,1-6H2. The SMILES string of the molecule is OC(CCCC(F)(F)F)C1CCCN1. The highest BCUT2D eigenvalue weighted by Gasteiger charge is 2.28. The van der Waals surface area contributed by atoms with E-state index in [1.165, 1.54) is 0 Å². The Labute approximate surface area is 81.5 Å². The first kappa shape index (κ1) is 11.8. The molecule has 0 amide bonds. The molecule has 0 aromatic rings. The van der Waals surface area contributed by atoms with Crippen molar-refractivity contribution in [1.29, 1.82) is 0 Å². The molecule has 5 heteroatoms. The summed E-state index contributed by atoms with van der Waals surface area (Å²) in [5, 5.41) is 12.6. The summed E-state index contributed by atoms with van der Waals surface area (Å²) in [6.07, 6.45) is -3.40. The largest absolute Gasteiger partial charge is 0.392 e. The summed E-state index contributed by atoms with van der Waals surface area (Å²) in [4.78, 5) is 0. The summed E-state index contributed by atoms with van der Waals surface area (Å²) in [5.41, 5.74) is 0. The maximum absolute atomic E-state index is 11.8. The summed E-state index contributed by atoms with van der Waals surface area (Å²) in [6, 6.07) is 0.00299. The third-order valence-electron chi connectivity index (χ3n) is 2.52. The molecule has 2 atom stereocenters. The van der Waals surface area contributed by atoms with E-state index in [9.17, 15) is 18.3 Å². The molecule has 1 rings (SSSR count). The molecular weight excluding hydrogens is 195 g/mol. The van der Waals surface area contributed by atoms with Crippen LogP contribution in [0.1, 0.15) is 32.1 Å². The fraction of sp³-hybridized carbons (Fsp3) is 1.00. The Morgan fingerprint density at radius 3 is 2.64 bits per heavy atom. The van der Waals surface area contributed by atoms with Crippen molar-refractivity contribution in [1.82, 2.24) is 5.32 Å². The smallest absolute Gasteiger partial charge is 0.389 e. The van der Waals surface area contributed by atoms with Gasteiger partial charge in [-0.25, -0.2) is 0 Å². The summed E-state index contributed by atoms with van der Waals surface area (Å²) in [5.74, 6) is 0. The van der Waals surface area contributed by atoms with Crippen molar-refractivity contribution in [3.05, 3.63) is 0 Å². The number of rotatable bonds is 4. The van der Waals surface area contributed by atoms with E-state index >= 15 is 0 Å². The molecular formula is C9H16F3NO. The van der Waals surface area contributed by atoms with Gasteiger partial charge in [0.1, 0.15) is 0 Å². The van der Waals surface area contributed by atoms with Crippen LogP contribution >= 0.6 is 0 Å². The maximum atomic E-state index is 11.8. The van der Waals surface area contributed by atoms with Crippen molar-refractivity contribution < 1.29 is 18.3 Å². The molecule has 1 heterocycles. The zero-order valence-electron chi connectivity index (χ0n) is 7.98. The minimum atomic E-state index is -4.09. The lowest BCUT2D eigenvalue weighted by molar-refractivity contribution is -0.136. The quantitative estimate of drug-likeness (QED) is 0.743. The molecule has 1 fully saturated rings. The fourth-order valence-corrected chi connectivity index (χ4v) is 1.75. The lowest BCUT2D eigenvalue weighted by atomic mass is 10.0. The van der Waals surface area contributed by atoms with Gasteiger partial charge in [0.25, 0.3) is 0 Å². The molecule has 2 unspecified atom stereocenters. The summed E-state index contributed by atoms with van der Waals surface area (Å²) in [6.45, 7) is 0.862. The highest BCUT2D eigenvalue weighted by atomic mass is 19.4. The van der Waals surface area contributed by atoms with Gasteiger partial charge in [0.05, 0.1) is 6.10 Å². The second-order valence-corrected chi connectivity index (χ2v) is 3.78. The van der Waals surface area contributed by atoms with E-state index in [1.54, 1.807) is 0 Å². The van der Waals surface area contributed by atoms with Gasteiger partial charge in [-0.05, 0) is 32.2 Å². The predicted octanol–water partition coefficient (Wildman–Crippen LogP) is 1.83. The van der Waals surface area contributed by atoms with Crippen LogP contribution in [0.25, 0.3) is 0 Å². The van der Waals surface area contributed by atoms with Crippen LogP contribution in [0.4, 0.5) is 13.2 Å². The zero-order valence-corrected chi connectivity index (χ0v) is 7.98. The first-order chi connectivity index (χ1) is 6.49. The van der Waals surface area contributed by atoms with Gasteiger partial charge >= 0.3 is 6.18 Å². The van der Waals surface area contributed by atoms with Crippen LogP contribution < -0.4 is 5.32 Å². The predicted molar refractivity (Wildman–Crippen MR) is 46.9 cm³/mol. The summed E-state index contributed by atoms with van der Waals surface area (Å²) >= 11 is 0. The van der Waals surface area contributed by atoms with Crippen LogP contribution in [0.3, 0.4) is 0 Å². The van der Waals surface area contributed by atoms with Crippen molar-refractivity contribution in [3.8, 4) is 0 Å². The molecule has 1 aliphatic rings. The van der Waals surface area contributed by atoms with Gasteiger partial charge in [-0.2, -0.15) is 13.2 Å². The van der Waals surface area contributed by atoms with E-state index in [2.05, 4.69) is 5.32 Å². The van der Waals surface area contributed by atoms with E-state index in [4.69, 9.17) is 0 Å². The average Bonchev–Trinajstić information content (AvgIpc) is 2.53. The van der Waals surface area contributed by atoms with Gasteiger partial charge in [0.15, 0.2) is 0 Å². The number of halogens is 3. The molecule has 0 radical (unpaired) electrons. The first-order valence-electron chi connectivity index (χ1n) is 4.97. The Hall–Kier alpha value is -0.290. The molecule has 0 aromatic heterocycles. The molecule has 0 aliphatic carbocycles. The van der Waals surface area contributed by atoms with Crippen LogP contribution in [0.5, 0.6) is 0 Å². The van der Waals surface area contributed by atoms with E-state index in [1.807, 2.05) is 0 Å². The van der Waals surface area contributed by atoms with E-state index in [0.29, 0.717) is 0 Å². The highest BCUT2D eigenvalue weighted by molar-refractivity contribution is 4.81. The van der Waals surface area contributed by atoms with Crippen molar-refractivity contribution in [2.75, 3.05) is 6.54 Å². The molecule has 1 aliphatic heterocycles. The normalized spacial score (nSPS) is 25.3. The maximum Gasteiger partial charge on any atom is 0.389 e. The van der Waals surface area contributed by atoms with Crippen LogP contribution in [0.2, 0.25) is 0 Å². The number of alkyl halides is 3. The molecule has 84 valence electrons. The molecule has 2 N–H and O–H groups in total. The second kappa shape index (κ2) is 4.98. The van der Waals surface area contributed by atoms with E-state index in [0.717, 1.165) is 19.4 Å². The molecule has 14 heavy (non-hydrogen) atoms. The van der Waals surface area contributed by atoms with Gasteiger partial charge in [0.2, 0.25) is 0 Å². The topological polar surface area (TPSA) is 32.3 Å². The fourth-order valence-electron chi connectivity index (χ4n) is 1.75. The lowest BCUT2D eigenvalue weighted by Gasteiger charge is -2.18. The van der Waals surface area contributed by atoms with Crippen molar-refractivity contribution in [2.45, 2.75) is 50.4 Å². The number of hydrogen-bond donors (Lipinski definition) is 2. The minimum absolute atomic E-state index is 0.00299. The van der Waals surface area contributed by atoms with E-state index < -0.39 is 18.7 Å². The van der Waals surface area contributed by atoms with Gasteiger partial charge < -0.3 is 10.4 Å². The van der Waals surface area contributed by atoms with Gasteiger partial charge in [-0.1, -0.05) is 0 Å². The Morgan fingerprint density at radius 1 is 1.43 bits per heavy atom. The van der Waals surface area contributed by atoms with E-state index in [-0.39, 0.29) is 18.9 Å². The number of aliphatic hydroxyl groups excluding tert-OH is 1. The van der Waals surface area contributed by atoms with Crippen LogP contribution in [-0.2, 0) is 0 Å². The first-order valence-corrected chi connectivity index (χ1v) is 4.97.